The number of nitrogens with zero attached hydrogens (tertiary/aromatic N) is 3. The molecule has 0 fully saturated rings. The highest BCUT2D eigenvalue weighted by Crippen LogP contribution is 2.41. The number of nitro groups is 1. The molecule has 184 valence electrons. The number of hydrogen-bond donors (Lipinski definition) is 1. The van der Waals surface area contributed by atoms with Gasteiger partial charge in [0.1, 0.15) is 0 Å². The van der Waals surface area contributed by atoms with Gasteiger partial charge in [-0.1, -0.05) is 0 Å². The number of aromatic nitrogens is 2. The van der Waals surface area contributed by atoms with E-state index in [1.54, 1.807) is 19.1 Å². The van der Waals surface area contributed by atoms with Crippen LogP contribution < -0.4 is 19.8 Å². The summed E-state index contributed by atoms with van der Waals surface area (Å²) in [5, 5.41) is 13.9. The number of non-ortho nitro benzene ring substituents is 1. The molecule has 0 radical (unpaired) electrons. The van der Waals surface area contributed by atoms with E-state index >= 15 is 0 Å². The van der Waals surface area contributed by atoms with Crippen molar-refractivity contribution in [2.45, 2.75) is 13.3 Å². The van der Waals surface area contributed by atoms with E-state index in [1.165, 1.54) is 57.4 Å². The molecule has 2 aromatic carbocycles. The molecule has 0 amide bonds. The molecule has 0 saturated carbocycles. The van der Waals surface area contributed by atoms with Crippen LogP contribution >= 0.6 is 0 Å². The fraction of sp³-hybridized carbons (Fsp3) is 0.261. The van der Waals surface area contributed by atoms with Gasteiger partial charge >= 0.3 is 5.97 Å². The van der Waals surface area contributed by atoms with Crippen LogP contribution in [-0.4, -0.2) is 54.8 Å². The van der Waals surface area contributed by atoms with Crippen molar-refractivity contribution in [3.8, 4) is 22.9 Å². The molecule has 12 heteroatoms. The van der Waals surface area contributed by atoms with Crippen LogP contribution in [0.4, 0.5) is 11.4 Å². The Labute approximate surface area is 199 Å². The second-order valence-corrected chi connectivity index (χ2v) is 7.21. The summed E-state index contributed by atoms with van der Waals surface area (Å²) in [6.07, 6.45) is -0.219. The Morgan fingerprint density at radius 3 is 2.14 bits per heavy atom. The fourth-order valence-electron chi connectivity index (χ4n) is 3.49. The Balaban J connectivity index is 2.15. The van der Waals surface area contributed by atoms with Gasteiger partial charge in [-0.05, 0) is 19.1 Å². The zero-order chi connectivity index (χ0) is 25.7. The van der Waals surface area contributed by atoms with Crippen molar-refractivity contribution in [1.82, 2.24) is 9.78 Å². The Morgan fingerprint density at radius 1 is 1.06 bits per heavy atom. The average molecular weight is 484 g/mol. The Morgan fingerprint density at radius 2 is 1.66 bits per heavy atom. The maximum absolute atomic E-state index is 13.4. The van der Waals surface area contributed by atoms with Crippen LogP contribution in [0.5, 0.6) is 17.2 Å². The first-order valence-corrected chi connectivity index (χ1v) is 10.2. The number of nitrogens with one attached hydrogen (secondary N) is 1. The molecule has 1 heterocycles. The average Bonchev–Trinajstić information content (AvgIpc) is 3.18. The number of hydrogen-bond acceptors (Lipinski definition) is 9. The lowest BCUT2D eigenvalue weighted by Crippen LogP contribution is -2.20. The maximum atomic E-state index is 13.4. The molecule has 35 heavy (non-hydrogen) atoms. The SMILES string of the molecule is COC(=O)Cc1[nH]n(-c2ccc([N+](=O)[O-])cc2)c(=O)c1C(C)=Nc1cc(OC)c(OC)c(OC)c1. The third kappa shape index (κ3) is 5.16. The van der Waals surface area contributed by atoms with E-state index in [0.717, 1.165) is 0 Å². The number of aliphatic imine (C=N–C) groups is 1. The van der Waals surface area contributed by atoms with Crippen molar-refractivity contribution in [2.75, 3.05) is 28.4 Å². The van der Waals surface area contributed by atoms with Gasteiger partial charge < -0.3 is 18.9 Å². The normalized spacial score (nSPS) is 11.2. The highest BCUT2D eigenvalue weighted by Gasteiger charge is 2.21. The number of carbonyl (C=O) groups is 1. The lowest BCUT2D eigenvalue weighted by Gasteiger charge is -2.13. The molecule has 0 spiro atoms. The highest BCUT2D eigenvalue weighted by atomic mass is 16.6. The molecule has 0 unspecified atom stereocenters. The minimum atomic E-state index is -0.566. The van der Waals surface area contributed by atoms with Crippen LogP contribution in [0.25, 0.3) is 5.69 Å². The first kappa shape index (κ1) is 25.0. The molecule has 0 atom stereocenters. The van der Waals surface area contributed by atoms with E-state index in [-0.39, 0.29) is 23.4 Å². The summed E-state index contributed by atoms with van der Waals surface area (Å²) < 4.78 is 22.0. The topological polar surface area (TPSA) is 147 Å². The van der Waals surface area contributed by atoms with Gasteiger partial charge in [-0.3, -0.25) is 29.8 Å². The second kappa shape index (κ2) is 10.5. The van der Waals surface area contributed by atoms with E-state index in [2.05, 4.69) is 10.1 Å². The largest absolute Gasteiger partial charge is 0.493 e. The molecule has 3 rings (SSSR count). The molecule has 0 aliphatic rings. The molecule has 0 aliphatic heterocycles. The number of nitro benzene ring substituents is 1. The Kier molecular flexibility index (Phi) is 7.54. The van der Waals surface area contributed by atoms with Gasteiger partial charge in [0.25, 0.3) is 11.2 Å². The molecule has 1 N–H and O–H groups in total. The summed E-state index contributed by atoms with van der Waals surface area (Å²) in [7, 11) is 5.67. The van der Waals surface area contributed by atoms with E-state index in [1.807, 2.05) is 0 Å². The van der Waals surface area contributed by atoms with Gasteiger partial charge in [0.2, 0.25) is 5.75 Å². The van der Waals surface area contributed by atoms with Crippen molar-refractivity contribution in [3.63, 3.8) is 0 Å². The third-order valence-corrected chi connectivity index (χ3v) is 5.14. The standard InChI is InChI=1S/C23H24N4O8/c1-13(24-14-10-18(32-2)22(35-5)19(11-14)33-3)21-17(12-20(28)34-4)25-26(23(21)29)15-6-8-16(9-7-15)27(30)31/h6-11,25H,12H2,1-5H3. The molecular formula is C23H24N4O8. The Hall–Kier alpha value is -4.61. The summed E-state index contributed by atoms with van der Waals surface area (Å²) in [4.78, 5) is 40.3. The van der Waals surface area contributed by atoms with E-state index < -0.39 is 16.5 Å². The van der Waals surface area contributed by atoms with Gasteiger partial charge in [0, 0.05) is 24.3 Å². The van der Waals surface area contributed by atoms with Crippen molar-refractivity contribution in [3.05, 3.63) is 68.1 Å². The molecular weight excluding hydrogens is 460 g/mol. The number of aromatic amines is 1. The second-order valence-electron chi connectivity index (χ2n) is 7.21. The van der Waals surface area contributed by atoms with Crippen LogP contribution in [0.15, 0.2) is 46.2 Å². The zero-order valence-electron chi connectivity index (χ0n) is 19.8. The number of rotatable bonds is 9. The molecule has 12 nitrogen and oxygen atoms in total. The third-order valence-electron chi connectivity index (χ3n) is 5.14. The number of carbonyl (C=O) groups excluding carboxylic acids is 1. The first-order chi connectivity index (χ1) is 16.7. The predicted molar refractivity (Wildman–Crippen MR) is 127 cm³/mol. The van der Waals surface area contributed by atoms with Gasteiger partial charge in [-0.2, -0.15) is 0 Å². The van der Waals surface area contributed by atoms with Crippen molar-refractivity contribution in [2.24, 2.45) is 4.99 Å². The Bertz CT molecular complexity index is 1310. The number of methoxy groups -OCH3 is 4. The summed E-state index contributed by atoms with van der Waals surface area (Å²) in [6.45, 7) is 1.62. The lowest BCUT2D eigenvalue weighted by molar-refractivity contribution is -0.384. The van der Waals surface area contributed by atoms with E-state index in [4.69, 9.17) is 18.9 Å². The summed E-state index contributed by atoms with van der Waals surface area (Å²) in [6, 6.07) is 8.64. The van der Waals surface area contributed by atoms with Crippen molar-refractivity contribution in [1.29, 1.82) is 0 Å². The van der Waals surface area contributed by atoms with Gasteiger partial charge in [0.15, 0.2) is 11.5 Å². The summed E-state index contributed by atoms with van der Waals surface area (Å²) >= 11 is 0. The minimum Gasteiger partial charge on any atom is -0.493 e. The fourth-order valence-corrected chi connectivity index (χ4v) is 3.49. The highest BCUT2D eigenvalue weighted by molar-refractivity contribution is 6.01. The van der Waals surface area contributed by atoms with Crippen LogP contribution in [0.3, 0.4) is 0 Å². The van der Waals surface area contributed by atoms with Crippen molar-refractivity contribution < 1.29 is 28.7 Å². The minimum absolute atomic E-state index is 0.122. The number of esters is 1. The van der Waals surface area contributed by atoms with Crippen LogP contribution in [-0.2, 0) is 16.0 Å². The maximum Gasteiger partial charge on any atom is 0.311 e. The smallest absolute Gasteiger partial charge is 0.311 e. The van der Waals surface area contributed by atoms with Crippen LogP contribution in [0.2, 0.25) is 0 Å². The summed E-state index contributed by atoms with van der Waals surface area (Å²) in [5.74, 6) is 0.583. The quantitative estimate of drug-likeness (QED) is 0.211. The number of benzene rings is 2. The number of ether oxygens (including phenoxy) is 4. The monoisotopic (exact) mass is 484 g/mol. The predicted octanol–water partition coefficient (Wildman–Crippen LogP) is 2.96. The van der Waals surface area contributed by atoms with Gasteiger partial charge in [-0.15, -0.1) is 0 Å². The first-order valence-electron chi connectivity index (χ1n) is 10.2. The lowest BCUT2D eigenvalue weighted by atomic mass is 10.1. The van der Waals surface area contributed by atoms with Crippen molar-refractivity contribution >= 4 is 23.1 Å². The molecule has 0 saturated heterocycles. The zero-order valence-corrected chi connectivity index (χ0v) is 19.8. The van der Waals surface area contributed by atoms with Crippen LogP contribution in [0, 0.1) is 10.1 Å². The number of H-pyrrole nitrogens is 1. The molecule has 0 bridgehead atoms. The molecule has 3 aromatic rings. The van der Waals surface area contributed by atoms with E-state index in [9.17, 15) is 19.7 Å². The van der Waals surface area contributed by atoms with Gasteiger partial charge in [0.05, 0.1) is 68.1 Å². The summed E-state index contributed by atoms with van der Waals surface area (Å²) in [5.41, 5.74) is 0.883. The van der Waals surface area contributed by atoms with Gasteiger partial charge in [-0.25, -0.2) is 4.68 Å². The van der Waals surface area contributed by atoms with E-state index in [0.29, 0.717) is 34.3 Å². The molecule has 1 aromatic heterocycles. The molecule has 0 aliphatic carbocycles. The van der Waals surface area contributed by atoms with Crippen LogP contribution in [0.1, 0.15) is 18.2 Å².